The fraction of sp³-hybridized carbons (Fsp3) is 0.966. The zero-order chi connectivity index (χ0) is 23.5. The lowest BCUT2D eigenvalue weighted by Gasteiger charge is -2.14. The number of methoxy groups -OCH3 is 2. The van der Waals surface area contributed by atoms with E-state index in [2.05, 4.69) is 6.92 Å². The third-order valence-corrected chi connectivity index (χ3v) is 6.85. The van der Waals surface area contributed by atoms with Gasteiger partial charge in [0.05, 0.1) is 13.2 Å². The van der Waals surface area contributed by atoms with Gasteiger partial charge in [-0.25, -0.2) is 0 Å². The lowest BCUT2D eigenvalue weighted by atomic mass is 10.0. The van der Waals surface area contributed by atoms with Crippen LogP contribution in [0.3, 0.4) is 0 Å². The Bertz CT molecular complexity index is 369. The van der Waals surface area contributed by atoms with E-state index >= 15 is 0 Å². The summed E-state index contributed by atoms with van der Waals surface area (Å²) in [7, 11) is 3.24. The Morgan fingerprint density at radius 2 is 0.875 bits per heavy atom. The number of carbonyl (C=O) groups excluding carboxylic acids is 1. The van der Waals surface area contributed by atoms with Crippen molar-refractivity contribution in [1.82, 2.24) is 0 Å². The Morgan fingerprint density at radius 3 is 1.22 bits per heavy atom. The van der Waals surface area contributed by atoms with Crippen molar-refractivity contribution in [1.29, 1.82) is 0 Å². The van der Waals surface area contributed by atoms with E-state index in [-0.39, 0.29) is 5.97 Å². The van der Waals surface area contributed by atoms with Crippen molar-refractivity contribution in [3.05, 3.63) is 0 Å². The first kappa shape index (κ1) is 31.4. The van der Waals surface area contributed by atoms with Crippen molar-refractivity contribution in [3.8, 4) is 0 Å². The van der Waals surface area contributed by atoms with Gasteiger partial charge in [-0.05, 0) is 19.3 Å². The van der Waals surface area contributed by atoms with Crippen LogP contribution in [0.1, 0.15) is 161 Å². The van der Waals surface area contributed by atoms with Gasteiger partial charge in [-0.15, -0.1) is 0 Å². The van der Waals surface area contributed by atoms with E-state index in [1.165, 1.54) is 136 Å². The lowest BCUT2D eigenvalue weighted by Crippen LogP contribution is -2.11. The highest BCUT2D eigenvalue weighted by Crippen LogP contribution is 2.17. The monoisotopic (exact) mass is 454 g/mol. The Balaban J connectivity index is 3.20. The first-order valence-corrected chi connectivity index (χ1v) is 14.3. The molecule has 0 aliphatic rings. The largest absolute Gasteiger partial charge is 0.469 e. The van der Waals surface area contributed by atoms with Gasteiger partial charge in [0.2, 0.25) is 0 Å². The first-order valence-electron chi connectivity index (χ1n) is 14.3. The van der Waals surface area contributed by atoms with E-state index in [0.717, 1.165) is 19.3 Å². The number of carbonyl (C=O) groups is 1. The molecule has 0 fully saturated rings. The molecule has 3 heteroatoms. The standard InChI is InChI=1S/C29H58O3/c1-4-5-6-7-8-9-10-11-12-13-14-15-16-17-18-19-20-21-22-23-25-28(31-2)26-24-27-29(30)32-3/h28H,4-27H2,1-3H3. The predicted molar refractivity (Wildman–Crippen MR) is 139 cm³/mol. The van der Waals surface area contributed by atoms with Crippen LogP contribution in [0.5, 0.6) is 0 Å². The highest BCUT2D eigenvalue weighted by atomic mass is 16.5. The molecule has 1 unspecified atom stereocenters. The molecule has 0 aromatic rings. The van der Waals surface area contributed by atoms with Crippen LogP contribution in [0.25, 0.3) is 0 Å². The fourth-order valence-corrected chi connectivity index (χ4v) is 4.58. The van der Waals surface area contributed by atoms with Gasteiger partial charge in [0.15, 0.2) is 0 Å². The molecular formula is C29H58O3. The van der Waals surface area contributed by atoms with Crippen LogP contribution in [0, 0.1) is 0 Å². The molecule has 32 heavy (non-hydrogen) atoms. The molecule has 0 saturated heterocycles. The van der Waals surface area contributed by atoms with Gasteiger partial charge in [0.1, 0.15) is 0 Å². The summed E-state index contributed by atoms with van der Waals surface area (Å²) in [4.78, 5) is 11.2. The predicted octanol–water partition coefficient (Wildman–Crippen LogP) is 9.56. The van der Waals surface area contributed by atoms with Crippen molar-refractivity contribution in [3.63, 3.8) is 0 Å². The van der Waals surface area contributed by atoms with Crippen molar-refractivity contribution in [2.75, 3.05) is 14.2 Å². The van der Waals surface area contributed by atoms with Gasteiger partial charge in [-0.3, -0.25) is 4.79 Å². The number of hydrogen-bond acceptors (Lipinski definition) is 3. The van der Waals surface area contributed by atoms with Crippen LogP contribution in [0.2, 0.25) is 0 Å². The number of ether oxygens (including phenoxy) is 2. The smallest absolute Gasteiger partial charge is 0.305 e. The van der Waals surface area contributed by atoms with E-state index in [4.69, 9.17) is 9.47 Å². The van der Waals surface area contributed by atoms with Gasteiger partial charge < -0.3 is 9.47 Å². The molecule has 0 radical (unpaired) electrons. The zero-order valence-electron chi connectivity index (χ0n) is 22.3. The quantitative estimate of drug-likeness (QED) is 0.0963. The molecular weight excluding hydrogens is 396 g/mol. The van der Waals surface area contributed by atoms with Gasteiger partial charge in [-0.1, -0.05) is 135 Å². The molecule has 0 N–H and O–H groups in total. The van der Waals surface area contributed by atoms with Crippen molar-refractivity contribution >= 4 is 5.97 Å². The summed E-state index contributed by atoms with van der Waals surface area (Å²) >= 11 is 0. The third kappa shape index (κ3) is 24.1. The summed E-state index contributed by atoms with van der Waals surface area (Å²) in [6, 6.07) is 0. The average molecular weight is 455 g/mol. The zero-order valence-corrected chi connectivity index (χ0v) is 22.3. The van der Waals surface area contributed by atoms with Gasteiger partial charge in [0.25, 0.3) is 0 Å². The van der Waals surface area contributed by atoms with E-state index in [0.29, 0.717) is 12.5 Å². The summed E-state index contributed by atoms with van der Waals surface area (Å²) in [5.74, 6) is -0.112. The molecule has 0 heterocycles. The fourth-order valence-electron chi connectivity index (χ4n) is 4.58. The molecule has 0 aliphatic heterocycles. The van der Waals surface area contributed by atoms with Crippen molar-refractivity contribution in [2.24, 2.45) is 0 Å². The first-order chi connectivity index (χ1) is 15.7. The number of rotatable bonds is 26. The summed E-state index contributed by atoms with van der Waals surface area (Å²) in [6.07, 6.45) is 32.2. The summed E-state index contributed by atoms with van der Waals surface area (Å²) in [5, 5.41) is 0. The van der Waals surface area contributed by atoms with E-state index in [9.17, 15) is 4.79 Å². The Hall–Kier alpha value is -0.570. The topological polar surface area (TPSA) is 35.5 Å². The maximum atomic E-state index is 11.2. The van der Waals surface area contributed by atoms with Gasteiger partial charge in [-0.2, -0.15) is 0 Å². The van der Waals surface area contributed by atoms with Crippen LogP contribution in [-0.2, 0) is 14.3 Å². The van der Waals surface area contributed by atoms with Crippen LogP contribution >= 0.6 is 0 Å². The SMILES string of the molecule is CCCCCCCCCCCCCCCCCCCCCCC(CCCC(=O)OC)OC. The molecule has 0 aromatic carbocycles. The van der Waals surface area contributed by atoms with Gasteiger partial charge >= 0.3 is 5.97 Å². The van der Waals surface area contributed by atoms with Crippen LogP contribution in [0.4, 0.5) is 0 Å². The molecule has 0 saturated carbocycles. The molecule has 1 atom stereocenters. The third-order valence-electron chi connectivity index (χ3n) is 6.85. The van der Waals surface area contributed by atoms with Crippen LogP contribution in [0.15, 0.2) is 0 Å². The maximum Gasteiger partial charge on any atom is 0.305 e. The molecule has 0 spiro atoms. The maximum absolute atomic E-state index is 11.2. The number of esters is 1. The van der Waals surface area contributed by atoms with Crippen molar-refractivity contribution in [2.45, 2.75) is 167 Å². The van der Waals surface area contributed by atoms with E-state index in [1.54, 1.807) is 7.11 Å². The average Bonchev–Trinajstić information content (AvgIpc) is 2.81. The molecule has 0 bridgehead atoms. The number of unbranched alkanes of at least 4 members (excludes halogenated alkanes) is 19. The van der Waals surface area contributed by atoms with E-state index in [1.807, 2.05) is 0 Å². The summed E-state index contributed by atoms with van der Waals surface area (Å²) < 4.78 is 10.2. The molecule has 0 aliphatic carbocycles. The summed E-state index contributed by atoms with van der Waals surface area (Å²) in [6.45, 7) is 2.29. The van der Waals surface area contributed by atoms with Crippen LogP contribution in [-0.4, -0.2) is 26.3 Å². The number of hydrogen-bond donors (Lipinski definition) is 0. The minimum Gasteiger partial charge on any atom is -0.469 e. The Morgan fingerprint density at radius 1 is 0.531 bits per heavy atom. The highest BCUT2D eigenvalue weighted by Gasteiger charge is 2.08. The second-order valence-electron chi connectivity index (χ2n) is 9.83. The lowest BCUT2D eigenvalue weighted by molar-refractivity contribution is -0.140. The molecule has 0 aromatic heterocycles. The molecule has 3 nitrogen and oxygen atoms in total. The summed E-state index contributed by atoms with van der Waals surface area (Å²) in [5.41, 5.74) is 0. The molecule has 0 rings (SSSR count). The second kappa shape index (κ2) is 26.7. The Kier molecular flexibility index (Phi) is 26.2. The molecule has 192 valence electrons. The molecule has 0 amide bonds. The Labute approximate surface area is 201 Å². The normalized spacial score (nSPS) is 12.2. The van der Waals surface area contributed by atoms with Gasteiger partial charge in [0, 0.05) is 13.5 Å². The van der Waals surface area contributed by atoms with Crippen molar-refractivity contribution < 1.29 is 14.3 Å². The van der Waals surface area contributed by atoms with E-state index < -0.39 is 0 Å². The highest BCUT2D eigenvalue weighted by molar-refractivity contribution is 5.68. The second-order valence-corrected chi connectivity index (χ2v) is 9.83. The minimum atomic E-state index is -0.112. The minimum absolute atomic E-state index is 0.112. The van der Waals surface area contributed by atoms with Crippen LogP contribution < -0.4 is 0 Å².